The highest BCUT2D eigenvalue weighted by molar-refractivity contribution is 9.10. The lowest BCUT2D eigenvalue weighted by molar-refractivity contribution is 0.521. The molecule has 106 valence electrons. The fourth-order valence-electron chi connectivity index (χ4n) is 2.18. The zero-order valence-corrected chi connectivity index (χ0v) is 12.8. The van der Waals surface area contributed by atoms with Gasteiger partial charge in [-0.15, -0.1) is 0 Å². The third kappa shape index (κ3) is 3.87. The third-order valence-corrected chi connectivity index (χ3v) is 3.63. The summed E-state index contributed by atoms with van der Waals surface area (Å²) in [7, 11) is 0. The summed E-state index contributed by atoms with van der Waals surface area (Å²) in [6.45, 7) is 2.78. The first kappa shape index (κ1) is 15.1. The topological polar surface area (TPSA) is 12.0 Å². The molecule has 0 saturated heterocycles. The van der Waals surface area contributed by atoms with Crippen LogP contribution in [0.15, 0.2) is 46.9 Å². The van der Waals surface area contributed by atoms with Gasteiger partial charge in [0.15, 0.2) is 0 Å². The first-order chi connectivity index (χ1) is 9.60. The van der Waals surface area contributed by atoms with E-state index >= 15 is 0 Å². The Bertz CT molecular complexity index is 586. The van der Waals surface area contributed by atoms with Gasteiger partial charge in [0.2, 0.25) is 0 Å². The van der Waals surface area contributed by atoms with Crippen LogP contribution in [0.3, 0.4) is 0 Å². The van der Waals surface area contributed by atoms with E-state index in [0.29, 0.717) is 12.0 Å². The molecule has 2 rings (SSSR count). The molecule has 0 radical (unpaired) electrons. The van der Waals surface area contributed by atoms with Gasteiger partial charge in [-0.1, -0.05) is 41.1 Å². The van der Waals surface area contributed by atoms with Crippen molar-refractivity contribution in [3.8, 4) is 0 Å². The Morgan fingerprint density at radius 1 is 1.15 bits per heavy atom. The van der Waals surface area contributed by atoms with E-state index in [4.69, 9.17) is 0 Å². The van der Waals surface area contributed by atoms with Crippen LogP contribution in [0, 0.1) is 11.6 Å². The van der Waals surface area contributed by atoms with Crippen molar-refractivity contribution in [2.24, 2.45) is 0 Å². The van der Waals surface area contributed by atoms with Gasteiger partial charge in [-0.2, -0.15) is 0 Å². The summed E-state index contributed by atoms with van der Waals surface area (Å²) in [6.07, 6.45) is 0.483. The van der Waals surface area contributed by atoms with Crippen LogP contribution in [0.5, 0.6) is 0 Å². The van der Waals surface area contributed by atoms with Crippen LogP contribution >= 0.6 is 15.9 Å². The Balaban J connectivity index is 2.25. The highest BCUT2D eigenvalue weighted by Crippen LogP contribution is 2.23. The molecule has 1 atom stereocenters. The molecular formula is C16H16BrF2N. The molecule has 2 aromatic carbocycles. The molecule has 20 heavy (non-hydrogen) atoms. The van der Waals surface area contributed by atoms with Gasteiger partial charge in [0, 0.05) is 16.6 Å². The van der Waals surface area contributed by atoms with Crippen molar-refractivity contribution >= 4 is 15.9 Å². The Labute approximate surface area is 126 Å². The van der Waals surface area contributed by atoms with Crippen molar-refractivity contribution in [1.29, 1.82) is 0 Å². The Morgan fingerprint density at radius 2 is 1.95 bits per heavy atom. The van der Waals surface area contributed by atoms with Crippen LogP contribution in [-0.4, -0.2) is 6.54 Å². The summed E-state index contributed by atoms with van der Waals surface area (Å²) in [5.41, 5.74) is 1.59. The average molecular weight is 340 g/mol. The molecule has 0 bridgehead atoms. The van der Waals surface area contributed by atoms with Crippen molar-refractivity contribution in [2.75, 3.05) is 6.54 Å². The van der Waals surface area contributed by atoms with E-state index in [9.17, 15) is 8.78 Å². The molecule has 4 heteroatoms. The van der Waals surface area contributed by atoms with Crippen molar-refractivity contribution in [2.45, 2.75) is 19.4 Å². The lowest BCUT2D eigenvalue weighted by atomic mass is 9.98. The van der Waals surface area contributed by atoms with Gasteiger partial charge in [-0.3, -0.25) is 0 Å². The third-order valence-electron chi connectivity index (χ3n) is 3.14. The van der Waals surface area contributed by atoms with Gasteiger partial charge in [-0.05, 0) is 42.3 Å². The highest BCUT2D eigenvalue weighted by Gasteiger charge is 2.14. The number of halogens is 3. The summed E-state index contributed by atoms with van der Waals surface area (Å²) in [4.78, 5) is 0. The first-order valence-corrected chi connectivity index (χ1v) is 7.32. The molecule has 0 aromatic heterocycles. The second-order valence-corrected chi connectivity index (χ2v) is 5.52. The molecule has 1 nitrogen and oxygen atoms in total. The van der Waals surface area contributed by atoms with Crippen LogP contribution in [0.2, 0.25) is 0 Å². The predicted octanol–water partition coefficient (Wildman–Crippen LogP) is 4.62. The number of rotatable bonds is 5. The van der Waals surface area contributed by atoms with E-state index in [1.165, 1.54) is 12.1 Å². The molecule has 0 fully saturated rings. The zero-order chi connectivity index (χ0) is 14.5. The first-order valence-electron chi connectivity index (χ1n) is 6.53. The molecule has 1 unspecified atom stereocenters. The number of hydrogen-bond acceptors (Lipinski definition) is 1. The maximum atomic E-state index is 13.8. The lowest BCUT2D eigenvalue weighted by Crippen LogP contribution is -2.23. The van der Waals surface area contributed by atoms with Gasteiger partial charge < -0.3 is 5.32 Å². The lowest BCUT2D eigenvalue weighted by Gasteiger charge is -2.19. The quantitative estimate of drug-likeness (QED) is 0.837. The molecule has 2 aromatic rings. The van der Waals surface area contributed by atoms with Gasteiger partial charge in [0.1, 0.15) is 11.6 Å². The monoisotopic (exact) mass is 339 g/mol. The number of hydrogen-bond donors (Lipinski definition) is 1. The second kappa shape index (κ2) is 6.95. The van der Waals surface area contributed by atoms with Crippen molar-refractivity contribution < 1.29 is 8.78 Å². The molecule has 0 aliphatic rings. The molecule has 0 heterocycles. The Morgan fingerprint density at radius 3 is 2.60 bits per heavy atom. The standard InChI is InChI=1S/C16H16BrF2N/c1-2-20-16(12-4-3-5-13(17)8-12)9-11-6-7-14(18)10-15(11)19/h3-8,10,16,20H,2,9H2,1H3. The Kier molecular flexibility index (Phi) is 5.26. The van der Waals surface area contributed by atoms with Crippen molar-refractivity contribution in [3.63, 3.8) is 0 Å². The summed E-state index contributed by atoms with van der Waals surface area (Å²) >= 11 is 3.44. The van der Waals surface area contributed by atoms with Crippen molar-refractivity contribution in [1.82, 2.24) is 5.32 Å². The maximum Gasteiger partial charge on any atom is 0.129 e. The fraction of sp³-hybridized carbons (Fsp3) is 0.250. The molecule has 1 N–H and O–H groups in total. The highest BCUT2D eigenvalue weighted by atomic mass is 79.9. The van der Waals surface area contributed by atoms with Crippen LogP contribution in [-0.2, 0) is 6.42 Å². The van der Waals surface area contributed by atoms with Gasteiger partial charge >= 0.3 is 0 Å². The largest absolute Gasteiger partial charge is 0.310 e. The van der Waals surface area contributed by atoms with Gasteiger partial charge in [0.25, 0.3) is 0 Å². The van der Waals surface area contributed by atoms with E-state index in [1.807, 2.05) is 31.2 Å². The molecule has 0 aliphatic carbocycles. The normalized spacial score (nSPS) is 12.4. The van der Waals surface area contributed by atoms with Crippen molar-refractivity contribution in [3.05, 3.63) is 69.7 Å². The molecule has 0 amide bonds. The maximum absolute atomic E-state index is 13.8. The Hall–Kier alpha value is -1.26. The smallest absolute Gasteiger partial charge is 0.129 e. The molecular weight excluding hydrogens is 324 g/mol. The van der Waals surface area contributed by atoms with E-state index in [0.717, 1.165) is 22.6 Å². The van der Waals surface area contributed by atoms with Gasteiger partial charge in [0.05, 0.1) is 0 Å². The van der Waals surface area contributed by atoms with Crippen LogP contribution in [0.25, 0.3) is 0 Å². The summed E-state index contributed by atoms with van der Waals surface area (Å²) < 4.78 is 27.7. The second-order valence-electron chi connectivity index (χ2n) is 4.61. The minimum absolute atomic E-state index is 0.00235. The molecule has 0 aliphatic heterocycles. The SMILES string of the molecule is CCNC(Cc1ccc(F)cc1F)c1cccc(Br)c1. The number of benzene rings is 2. The molecule has 0 spiro atoms. The minimum atomic E-state index is -0.547. The zero-order valence-electron chi connectivity index (χ0n) is 11.2. The van der Waals surface area contributed by atoms with E-state index in [2.05, 4.69) is 21.2 Å². The summed E-state index contributed by atoms with van der Waals surface area (Å²) in [5.74, 6) is -1.04. The fourth-order valence-corrected chi connectivity index (χ4v) is 2.60. The summed E-state index contributed by atoms with van der Waals surface area (Å²) in [6, 6.07) is 11.6. The van der Waals surface area contributed by atoms with E-state index in [1.54, 1.807) is 0 Å². The van der Waals surface area contributed by atoms with Gasteiger partial charge in [-0.25, -0.2) is 8.78 Å². The predicted molar refractivity (Wildman–Crippen MR) is 80.6 cm³/mol. The average Bonchev–Trinajstić information content (AvgIpc) is 2.41. The van der Waals surface area contributed by atoms with E-state index in [-0.39, 0.29) is 6.04 Å². The van der Waals surface area contributed by atoms with Crippen LogP contribution < -0.4 is 5.32 Å². The minimum Gasteiger partial charge on any atom is -0.310 e. The van der Waals surface area contributed by atoms with Crippen LogP contribution in [0.4, 0.5) is 8.78 Å². The van der Waals surface area contributed by atoms with Crippen LogP contribution in [0.1, 0.15) is 24.1 Å². The molecule has 0 saturated carbocycles. The number of likely N-dealkylation sites (N-methyl/N-ethyl adjacent to an activating group) is 1. The summed E-state index contributed by atoms with van der Waals surface area (Å²) in [5, 5.41) is 3.34. The van der Waals surface area contributed by atoms with E-state index < -0.39 is 11.6 Å². The number of nitrogens with one attached hydrogen (secondary N) is 1.